The molecule has 2 fully saturated rings. The maximum atomic E-state index is 11.2. The molecule has 2 heterocycles. The van der Waals surface area contributed by atoms with E-state index in [2.05, 4.69) is 17.1 Å². The fraction of sp³-hybridized carbons (Fsp3) is 0.700. The molecule has 1 aliphatic carbocycles. The highest BCUT2D eigenvalue weighted by Crippen LogP contribution is 2.42. The van der Waals surface area contributed by atoms with E-state index in [4.69, 9.17) is 15.1 Å². The van der Waals surface area contributed by atoms with Gasteiger partial charge in [-0.15, -0.1) is 24.0 Å². The molecule has 1 aromatic rings. The summed E-state index contributed by atoms with van der Waals surface area (Å²) in [6, 6.07) is 3.39. The number of nitrogens with two attached hydrogens (primary N) is 1. The highest BCUT2D eigenvalue weighted by molar-refractivity contribution is 14.0. The van der Waals surface area contributed by atoms with Gasteiger partial charge in [-0.25, -0.2) is 4.99 Å². The minimum atomic E-state index is -0.543. The first-order valence-electron chi connectivity index (χ1n) is 10.0. The lowest BCUT2D eigenvalue weighted by Crippen LogP contribution is -2.50. The SMILES string of the molecule is CCNC(=NCc1ccc(C(N)=O)o1)N1CCCC2(CCCCCC2)C1.I. The molecule has 0 unspecified atom stereocenters. The van der Waals surface area contributed by atoms with E-state index in [1.807, 2.05) is 0 Å². The van der Waals surface area contributed by atoms with E-state index in [0.29, 0.717) is 17.7 Å². The van der Waals surface area contributed by atoms with E-state index < -0.39 is 5.91 Å². The largest absolute Gasteiger partial charge is 0.454 e. The summed E-state index contributed by atoms with van der Waals surface area (Å²) in [5.74, 6) is 1.26. The Hall–Kier alpha value is -1.25. The van der Waals surface area contributed by atoms with Crippen LogP contribution in [0.3, 0.4) is 0 Å². The predicted molar refractivity (Wildman–Crippen MR) is 118 cm³/mol. The number of nitrogens with one attached hydrogen (secondary N) is 1. The van der Waals surface area contributed by atoms with Crippen molar-refractivity contribution in [1.82, 2.24) is 10.2 Å². The van der Waals surface area contributed by atoms with Crippen molar-refractivity contribution in [1.29, 1.82) is 0 Å². The zero-order valence-corrected chi connectivity index (χ0v) is 18.7. The highest BCUT2D eigenvalue weighted by Gasteiger charge is 2.36. The number of rotatable bonds is 4. The average molecular weight is 488 g/mol. The number of hydrogen-bond donors (Lipinski definition) is 2. The summed E-state index contributed by atoms with van der Waals surface area (Å²) >= 11 is 0. The number of likely N-dealkylation sites (tertiary alicyclic amines) is 1. The van der Waals surface area contributed by atoms with E-state index >= 15 is 0 Å². The lowest BCUT2D eigenvalue weighted by Gasteiger charge is -2.44. The van der Waals surface area contributed by atoms with Crippen LogP contribution in [0.25, 0.3) is 0 Å². The molecule has 1 amide bonds. The van der Waals surface area contributed by atoms with Gasteiger partial charge in [-0.3, -0.25) is 4.79 Å². The maximum absolute atomic E-state index is 11.2. The van der Waals surface area contributed by atoms with Crippen LogP contribution in [0.15, 0.2) is 21.5 Å². The standard InChI is InChI=1S/C20H32N4O2.HI/c1-2-22-19(23-14-16-8-9-17(26-16)18(21)25)24-13-7-12-20(15-24)10-5-3-4-6-11-20;/h8-9H,2-7,10-15H2,1H3,(H2,21,25)(H,22,23);1H. The Bertz CT molecular complexity index is 636. The fourth-order valence-electron chi connectivity index (χ4n) is 4.45. The number of aliphatic imine (C=N–C) groups is 1. The van der Waals surface area contributed by atoms with Crippen molar-refractivity contribution in [3.63, 3.8) is 0 Å². The maximum Gasteiger partial charge on any atom is 0.284 e. The monoisotopic (exact) mass is 488 g/mol. The van der Waals surface area contributed by atoms with Gasteiger partial charge in [0.1, 0.15) is 12.3 Å². The molecule has 152 valence electrons. The average Bonchev–Trinajstić information content (AvgIpc) is 3.01. The second-order valence-electron chi connectivity index (χ2n) is 7.74. The van der Waals surface area contributed by atoms with Crippen molar-refractivity contribution >= 4 is 35.8 Å². The molecule has 6 nitrogen and oxygen atoms in total. The number of primary amides is 1. The van der Waals surface area contributed by atoms with E-state index in [1.165, 1.54) is 51.4 Å². The molecule has 1 saturated heterocycles. The summed E-state index contributed by atoms with van der Waals surface area (Å²) in [5.41, 5.74) is 5.72. The van der Waals surface area contributed by atoms with Crippen molar-refractivity contribution in [3.05, 3.63) is 23.7 Å². The first kappa shape index (κ1) is 22.0. The molecule has 1 aliphatic heterocycles. The van der Waals surface area contributed by atoms with Gasteiger partial charge in [-0.1, -0.05) is 25.7 Å². The van der Waals surface area contributed by atoms with Crippen molar-refractivity contribution in [3.8, 4) is 0 Å². The van der Waals surface area contributed by atoms with Gasteiger partial charge < -0.3 is 20.4 Å². The van der Waals surface area contributed by atoms with Crippen molar-refractivity contribution < 1.29 is 9.21 Å². The number of guanidine groups is 1. The third kappa shape index (κ3) is 5.86. The first-order valence-corrected chi connectivity index (χ1v) is 10.0. The minimum absolute atomic E-state index is 0. The molecule has 0 atom stereocenters. The number of carbonyl (C=O) groups excluding carboxylic acids is 1. The predicted octanol–water partition coefficient (Wildman–Crippen LogP) is 3.90. The van der Waals surface area contributed by atoms with E-state index in [9.17, 15) is 4.79 Å². The normalized spacial score (nSPS) is 20.0. The number of amides is 1. The molecule has 3 N–H and O–H groups in total. The molecule has 0 radical (unpaired) electrons. The highest BCUT2D eigenvalue weighted by atomic mass is 127. The van der Waals surface area contributed by atoms with Crippen molar-refractivity contribution in [2.24, 2.45) is 16.1 Å². The molecule has 27 heavy (non-hydrogen) atoms. The smallest absolute Gasteiger partial charge is 0.284 e. The zero-order chi connectivity index (χ0) is 18.4. The fourth-order valence-corrected chi connectivity index (χ4v) is 4.45. The van der Waals surface area contributed by atoms with Crippen LogP contribution in [-0.2, 0) is 6.54 Å². The van der Waals surface area contributed by atoms with Crippen molar-refractivity contribution in [2.75, 3.05) is 19.6 Å². The lowest BCUT2D eigenvalue weighted by atomic mass is 9.74. The third-order valence-corrected chi connectivity index (χ3v) is 5.75. The summed E-state index contributed by atoms with van der Waals surface area (Å²) in [7, 11) is 0. The molecule has 2 aliphatic rings. The Morgan fingerprint density at radius 2 is 1.93 bits per heavy atom. The van der Waals surface area contributed by atoms with Gasteiger partial charge in [0.2, 0.25) is 0 Å². The number of piperidine rings is 1. The summed E-state index contributed by atoms with van der Waals surface area (Å²) in [6.07, 6.45) is 10.8. The molecule has 0 aromatic carbocycles. The Balaban J connectivity index is 0.00000261. The molecule has 3 rings (SSSR count). The number of nitrogens with zero attached hydrogens (tertiary/aromatic N) is 2. The quantitative estimate of drug-likeness (QED) is 0.383. The first-order chi connectivity index (χ1) is 12.6. The Morgan fingerprint density at radius 3 is 2.56 bits per heavy atom. The van der Waals surface area contributed by atoms with Crippen LogP contribution in [0.5, 0.6) is 0 Å². The molecular weight excluding hydrogens is 455 g/mol. The summed E-state index contributed by atoms with van der Waals surface area (Å²) in [6.45, 7) is 5.51. The lowest BCUT2D eigenvalue weighted by molar-refractivity contribution is 0.0972. The number of halogens is 1. The van der Waals surface area contributed by atoms with Gasteiger partial charge in [-0.05, 0) is 50.2 Å². The van der Waals surface area contributed by atoms with Gasteiger partial charge >= 0.3 is 0 Å². The van der Waals surface area contributed by atoms with Crippen LogP contribution < -0.4 is 11.1 Å². The van der Waals surface area contributed by atoms with Gasteiger partial charge in [0, 0.05) is 19.6 Å². The third-order valence-electron chi connectivity index (χ3n) is 5.75. The van der Waals surface area contributed by atoms with E-state index in [0.717, 1.165) is 25.6 Å². The van der Waals surface area contributed by atoms with Crippen LogP contribution in [0, 0.1) is 5.41 Å². The van der Waals surface area contributed by atoms with E-state index in [1.54, 1.807) is 12.1 Å². The Morgan fingerprint density at radius 1 is 1.22 bits per heavy atom. The Kier molecular flexibility index (Phi) is 8.44. The minimum Gasteiger partial charge on any atom is -0.454 e. The molecule has 1 aromatic heterocycles. The van der Waals surface area contributed by atoms with Gasteiger partial charge in [0.05, 0.1) is 0 Å². The number of carbonyl (C=O) groups is 1. The number of furan rings is 1. The van der Waals surface area contributed by atoms with Gasteiger partial charge in [0.25, 0.3) is 5.91 Å². The van der Waals surface area contributed by atoms with Crippen LogP contribution in [0.4, 0.5) is 0 Å². The topological polar surface area (TPSA) is 83.9 Å². The van der Waals surface area contributed by atoms with Gasteiger partial charge in [0.15, 0.2) is 11.7 Å². The van der Waals surface area contributed by atoms with Crippen LogP contribution in [0.2, 0.25) is 0 Å². The second-order valence-corrected chi connectivity index (χ2v) is 7.74. The molecular formula is C20H33IN4O2. The zero-order valence-electron chi connectivity index (χ0n) is 16.3. The summed E-state index contributed by atoms with van der Waals surface area (Å²) < 4.78 is 5.46. The van der Waals surface area contributed by atoms with Gasteiger partial charge in [-0.2, -0.15) is 0 Å². The van der Waals surface area contributed by atoms with Crippen molar-refractivity contribution in [2.45, 2.75) is 64.8 Å². The molecule has 1 spiro atoms. The second kappa shape index (κ2) is 10.3. The summed E-state index contributed by atoms with van der Waals surface area (Å²) in [4.78, 5) is 18.4. The molecule has 1 saturated carbocycles. The number of hydrogen-bond acceptors (Lipinski definition) is 3. The van der Waals surface area contributed by atoms with E-state index in [-0.39, 0.29) is 29.7 Å². The van der Waals surface area contributed by atoms with Crippen LogP contribution in [-0.4, -0.2) is 36.4 Å². The molecule has 0 bridgehead atoms. The molecule has 7 heteroatoms. The van der Waals surface area contributed by atoms with Crippen LogP contribution >= 0.6 is 24.0 Å². The summed E-state index contributed by atoms with van der Waals surface area (Å²) in [5, 5.41) is 3.43. The Labute approximate surface area is 179 Å². The van der Waals surface area contributed by atoms with Crippen LogP contribution in [0.1, 0.15) is 74.6 Å².